The van der Waals surface area contributed by atoms with Crippen molar-refractivity contribution >= 4 is 23.5 Å². The van der Waals surface area contributed by atoms with E-state index in [1.165, 1.54) is 18.9 Å². The number of allylic oxidation sites excluding steroid dienone is 1. The van der Waals surface area contributed by atoms with Crippen molar-refractivity contribution in [3.63, 3.8) is 0 Å². The average molecular weight is 414 g/mol. The van der Waals surface area contributed by atoms with Crippen LogP contribution in [0.3, 0.4) is 0 Å². The molecule has 2 amide bonds. The van der Waals surface area contributed by atoms with Gasteiger partial charge < -0.3 is 10.5 Å². The molecule has 2 N–H and O–H groups in total. The molecule has 1 atom stereocenters. The summed E-state index contributed by atoms with van der Waals surface area (Å²) in [6.07, 6.45) is 0. The van der Waals surface area contributed by atoms with Gasteiger partial charge in [-0.05, 0) is 29.8 Å². The highest BCUT2D eigenvalue weighted by Crippen LogP contribution is 2.45. The number of nitrogens with zero attached hydrogens (tertiary/aromatic N) is 3. The zero-order valence-electron chi connectivity index (χ0n) is 16.8. The van der Waals surface area contributed by atoms with Gasteiger partial charge in [-0.2, -0.15) is 5.26 Å². The Morgan fingerprint density at radius 3 is 2.29 bits per heavy atom. The number of carbonyl (C=O) groups is 3. The van der Waals surface area contributed by atoms with Gasteiger partial charge in [-0.15, -0.1) is 0 Å². The number of esters is 1. The Kier molecular flexibility index (Phi) is 4.79. The molecular formula is C23H18N4O4. The zero-order valence-corrected chi connectivity index (χ0v) is 16.8. The van der Waals surface area contributed by atoms with E-state index in [-0.39, 0.29) is 22.7 Å². The Morgan fingerprint density at radius 2 is 1.71 bits per heavy atom. The van der Waals surface area contributed by atoms with Crippen LogP contribution in [0.1, 0.15) is 18.4 Å². The normalized spacial score (nSPS) is 18.3. The summed E-state index contributed by atoms with van der Waals surface area (Å²) in [4.78, 5) is 39.8. The van der Waals surface area contributed by atoms with Gasteiger partial charge in [-0.25, -0.2) is 0 Å². The van der Waals surface area contributed by atoms with E-state index in [9.17, 15) is 19.6 Å². The molecule has 2 heterocycles. The maximum Gasteiger partial charge on any atom is 0.308 e. The molecule has 0 saturated carbocycles. The van der Waals surface area contributed by atoms with Gasteiger partial charge in [0.1, 0.15) is 17.3 Å². The van der Waals surface area contributed by atoms with Crippen LogP contribution in [0, 0.1) is 11.3 Å². The molecule has 8 heteroatoms. The largest absolute Gasteiger partial charge is 0.427 e. The number of nitriles is 1. The highest BCUT2D eigenvalue weighted by Gasteiger charge is 2.48. The summed E-state index contributed by atoms with van der Waals surface area (Å²) in [5.41, 5.74) is 8.01. The summed E-state index contributed by atoms with van der Waals surface area (Å²) in [6, 6.07) is 17.4. The van der Waals surface area contributed by atoms with Gasteiger partial charge in [0.25, 0.3) is 11.8 Å². The molecule has 154 valence electrons. The number of likely N-dealkylation sites (N-methyl/N-ethyl adjacent to an activating group) is 1. The molecule has 4 rings (SSSR count). The van der Waals surface area contributed by atoms with Crippen molar-refractivity contribution in [1.82, 2.24) is 4.90 Å². The topological polar surface area (TPSA) is 117 Å². The van der Waals surface area contributed by atoms with E-state index in [0.29, 0.717) is 17.0 Å². The quantitative estimate of drug-likeness (QED) is 0.465. The Balaban J connectivity index is 1.92. The molecule has 8 nitrogen and oxygen atoms in total. The lowest BCUT2D eigenvalue weighted by atomic mass is 9.81. The van der Waals surface area contributed by atoms with E-state index in [2.05, 4.69) is 6.07 Å². The second kappa shape index (κ2) is 7.46. The number of nitrogens with two attached hydrogens (primary N) is 1. The lowest BCUT2D eigenvalue weighted by Crippen LogP contribution is -2.37. The SMILES string of the molecule is CC(=O)Oc1ccc(C2C(C#N)=C(N)N(c3ccccc3)C3=C2C(=O)N(C)C3=O)cc1. The molecule has 0 spiro atoms. The molecule has 0 fully saturated rings. The third kappa shape index (κ3) is 3.13. The number of anilines is 1. The molecule has 31 heavy (non-hydrogen) atoms. The highest BCUT2D eigenvalue weighted by atomic mass is 16.5. The Morgan fingerprint density at radius 1 is 1.06 bits per heavy atom. The minimum atomic E-state index is -0.826. The van der Waals surface area contributed by atoms with Gasteiger partial charge in [-0.1, -0.05) is 30.3 Å². The number of imide groups is 1. The van der Waals surface area contributed by atoms with Crippen LogP contribution in [0.5, 0.6) is 5.75 Å². The number of para-hydroxylation sites is 1. The van der Waals surface area contributed by atoms with Crippen LogP contribution in [-0.4, -0.2) is 29.7 Å². The van der Waals surface area contributed by atoms with Crippen LogP contribution in [0.4, 0.5) is 5.69 Å². The molecule has 1 unspecified atom stereocenters. The monoisotopic (exact) mass is 414 g/mol. The van der Waals surface area contributed by atoms with E-state index in [1.807, 2.05) is 6.07 Å². The second-order valence-corrected chi connectivity index (χ2v) is 7.11. The maximum absolute atomic E-state index is 13.1. The summed E-state index contributed by atoms with van der Waals surface area (Å²) in [5.74, 6) is -1.87. The maximum atomic E-state index is 13.1. The van der Waals surface area contributed by atoms with Crippen LogP contribution in [0.2, 0.25) is 0 Å². The Bertz CT molecular complexity index is 1210. The van der Waals surface area contributed by atoms with Gasteiger partial charge >= 0.3 is 5.97 Å². The molecular weight excluding hydrogens is 396 g/mol. The molecule has 2 aromatic rings. The van der Waals surface area contributed by atoms with Crippen molar-refractivity contribution in [1.29, 1.82) is 5.26 Å². The second-order valence-electron chi connectivity index (χ2n) is 7.11. The van der Waals surface area contributed by atoms with E-state index in [0.717, 1.165) is 4.90 Å². The fourth-order valence-electron chi connectivity index (χ4n) is 3.85. The van der Waals surface area contributed by atoms with Gasteiger partial charge in [0.15, 0.2) is 0 Å². The Labute approximate surface area is 178 Å². The fourth-order valence-corrected chi connectivity index (χ4v) is 3.85. The van der Waals surface area contributed by atoms with Crippen molar-refractivity contribution in [3.05, 3.63) is 82.8 Å². The molecule has 0 aliphatic carbocycles. The number of benzene rings is 2. The minimum Gasteiger partial charge on any atom is -0.427 e. The van der Waals surface area contributed by atoms with Crippen LogP contribution >= 0.6 is 0 Å². The van der Waals surface area contributed by atoms with Crippen molar-refractivity contribution in [2.24, 2.45) is 5.73 Å². The summed E-state index contributed by atoms with van der Waals surface area (Å²) < 4.78 is 5.06. The first-order valence-electron chi connectivity index (χ1n) is 9.45. The number of carbonyl (C=O) groups excluding carboxylic acids is 3. The van der Waals surface area contributed by atoms with E-state index < -0.39 is 23.7 Å². The number of ether oxygens (including phenoxy) is 1. The number of hydrogen-bond donors (Lipinski definition) is 1. The number of amides is 2. The molecule has 2 aliphatic heterocycles. The first-order valence-corrected chi connectivity index (χ1v) is 9.45. The molecule has 2 aromatic carbocycles. The van der Waals surface area contributed by atoms with Crippen LogP contribution in [0.25, 0.3) is 0 Å². The smallest absolute Gasteiger partial charge is 0.308 e. The van der Waals surface area contributed by atoms with Gasteiger partial charge in [-0.3, -0.25) is 24.2 Å². The molecule has 0 radical (unpaired) electrons. The van der Waals surface area contributed by atoms with Crippen molar-refractivity contribution in [2.75, 3.05) is 11.9 Å². The standard InChI is InChI=1S/C23H18N4O4/c1-13(28)31-16-10-8-14(9-11-16)18-17(12-24)21(25)27(15-6-4-3-5-7-15)20-19(18)22(29)26(2)23(20)30/h3-11,18H,25H2,1-2H3. The number of rotatable bonds is 3. The van der Waals surface area contributed by atoms with Gasteiger partial charge in [0.2, 0.25) is 0 Å². The van der Waals surface area contributed by atoms with Gasteiger partial charge in [0.05, 0.1) is 23.1 Å². The summed E-state index contributed by atoms with van der Waals surface area (Å²) >= 11 is 0. The van der Waals surface area contributed by atoms with Crippen molar-refractivity contribution in [3.8, 4) is 11.8 Å². The lowest BCUT2D eigenvalue weighted by molar-refractivity contribution is -0.136. The average Bonchev–Trinajstić information content (AvgIpc) is 2.98. The van der Waals surface area contributed by atoms with Crippen LogP contribution in [-0.2, 0) is 14.4 Å². The predicted molar refractivity (Wildman–Crippen MR) is 111 cm³/mol. The highest BCUT2D eigenvalue weighted by molar-refractivity contribution is 6.22. The van der Waals surface area contributed by atoms with Crippen LogP contribution in [0.15, 0.2) is 77.3 Å². The lowest BCUT2D eigenvalue weighted by Gasteiger charge is -2.33. The third-order valence-corrected chi connectivity index (χ3v) is 5.23. The number of hydrogen-bond acceptors (Lipinski definition) is 7. The minimum absolute atomic E-state index is 0.0814. The molecule has 0 saturated heterocycles. The van der Waals surface area contributed by atoms with Crippen molar-refractivity contribution < 1.29 is 19.1 Å². The zero-order chi connectivity index (χ0) is 22.3. The van der Waals surface area contributed by atoms with E-state index >= 15 is 0 Å². The third-order valence-electron chi connectivity index (χ3n) is 5.23. The molecule has 0 bridgehead atoms. The van der Waals surface area contributed by atoms with Crippen LogP contribution < -0.4 is 15.4 Å². The summed E-state index contributed by atoms with van der Waals surface area (Å²) in [6.45, 7) is 1.29. The first-order chi connectivity index (χ1) is 14.8. The Hall–Kier alpha value is -4.38. The molecule has 2 aliphatic rings. The van der Waals surface area contributed by atoms with E-state index in [1.54, 1.807) is 48.5 Å². The first kappa shape index (κ1) is 19.9. The molecule has 0 aromatic heterocycles. The van der Waals surface area contributed by atoms with Gasteiger partial charge in [0, 0.05) is 19.7 Å². The fraction of sp³-hybridized carbons (Fsp3) is 0.130. The predicted octanol–water partition coefficient (Wildman–Crippen LogP) is 2.16. The summed E-state index contributed by atoms with van der Waals surface area (Å²) in [5, 5.41) is 9.95. The van der Waals surface area contributed by atoms with E-state index in [4.69, 9.17) is 10.5 Å². The summed E-state index contributed by atoms with van der Waals surface area (Å²) in [7, 11) is 1.40. The van der Waals surface area contributed by atoms with Crippen molar-refractivity contribution in [2.45, 2.75) is 12.8 Å².